The molecule has 0 saturated heterocycles. The van der Waals surface area contributed by atoms with Crippen molar-refractivity contribution in [1.29, 1.82) is 0 Å². The first-order valence-electron chi connectivity index (χ1n) is 10.4. The van der Waals surface area contributed by atoms with E-state index in [1.807, 2.05) is 25.1 Å². The van der Waals surface area contributed by atoms with Crippen LogP contribution in [0, 0.1) is 13.8 Å². The van der Waals surface area contributed by atoms with Gasteiger partial charge in [-0.2, -0.15) is 23.4 Å². The molecule has 3 aromatic heterocycles. The summed E-state index contributed by atoms with van der Waals surface area (Å²) in [6.07, 6.45) is -4.58. The highest BCUT2D eigenvalue weighted by Gasteiger charge is 2.34. The first-order valence-corrected chi connectivity index (χ1v) is 11.6. The summed E-state index contributed by atoms with van der Waals surface area (Å²) in [6.45, 7) is 3.47. The molecule has 35 heavy (non-hydrogen) atoms. The van der Waals surface area contributed by atoms with E-state index in [9.17, 15) is 18.0 Å². The lowest BCUT2D eigenvalue weighted by Crippen LogP contribution is -2.16. The van der Waals surface area contributed by atoms with E-state index in [-0.39, 0.29) is 11.5 Å². The van der Waals surface area contributed by atoms with Crippen LogP contribution < -0.4 is 5.32 Å². The molecule has 2 aromatic carbocycles. The molecule has 3 heterocycles. The second-order valence-electron chi connectivity index (χ2n) is 7.83. The second-order valence-corrected chi connectivity index (χ2v) is 9.27. The van der Waals surface area contributed by atoms with Crippen molar-refractivity contribution in [3.63, 3.8) is 0 Å². The summed E-state index contributed by atoms with van der Waals surface area (Å²) in [6, 6.07) is 15.6. The van der Waals surface area contributed by atoms with Crippen molar-refractivity contribution in [2.45, 2.75) is 20.0 Å². The van der Waals surface area contributed by atoms with Crippen LogP contribution in [0.4, 0.5) is 19.0 Å². The van der Waals surface area contributed by atoms with E-state index >= 15 is 0 Å². The number of alkyl halides is 3. The van der Waals surface area contributed by atoms with Crippen LogP contribution >= 0.6 is 22.9 Å². The first-order chi connectivity index (χ1) is 16.6. The van der Waals surface area contributed by atoms with E-state index in [1.165, 1.54) is 35.6 Å². The van der Waals surface area contributed by atoms with Crippen molar-refractivity contribution >= 4 is 44.9 Å². The molecule has 0 spiro atoms. The highest BCUT2D eigenvalue weighted by molar-refractivity contribution is 7.20. The highest BCUT2D eigenvalue weighted by Crippen LogP contribution is 2.36. The van der Waals surface area contributed by atoms with E-state index < -0.39 is 17.6 Å². The number of nitrogens with one attached hydrogen (secondary N) is 1. The molecule has 178 valence electrons. The Morgan fingerprint density at radius 2 is 1.66 bits per heavy atom. The van der Waals surface area contributed by atoms with Gasteiger partial charge in [-0.3, -0.25) is 4.79 Å². The maximum absolute atomic E-state index is 13.6. The number of carbonyl (C=O) groups is 1. The van der Waals surface area contributed by atoms with Crippen LogP contribution in [0.3, 0.4) is 0 Å². The summed E-state index contributed by atoms with van der Waals surface area (Å²) < 4.78 is 43.5. The Hall–Kier alpha value is -3.63. The maximum atomic E-state index is 13.6. The molecule has 11 heteroatoms. The van der Waals surface area contributed by atoms with Crippen molar-refractivity contribution < 1.29 is 18.0 Å². The van der Waals surface area contributed by atoms with Crippen molar-refractivity contribution in [3.8, 4) is 11.4 Å². The Bertz CT molecular complexity index is 1580. The predicted molar refractivity (Wildman–Crippen MR) is 130 cm³/mol. The van der Waals surface area contributed by atoms with Gasteiger partial charge in [0.2, 0.25) is 0 Å². The largest absolute Gasteiger partial charge is 0.418 e. The molecule has 5 rings (SSSR count). The number of hydrogen-bond donors (Lipinski definition) is 1. The molecule has 1 amide bonds. The number of aromatic nitrogens is 4. The molecule has 1 N–H and O–H groups in total. The van der Waals surface area contributed by atoms with Crippen LogP contribution in [-0.2, 0) is 6.18 Å². The van der Waals surface area contributed by atoms with E-state index in [4.69, 9.17) is 11.6 Å². The van der Waals surface area contributed by atoms with Crippen LogP contribution in [0.5, 0.6) is 0 Å². The van der Waals surface area contributed by atoms with Crippen LogP contribution in [-0.4, -0.2) is 25.5 Å². The maximum Gasteiger partial charge on any atom is 0.418 e. The summed E-state index contributed by atoms with van der Waals surface area (Å²) in [7, 11) is 0. The van der Waals surface area contributed by atoms with Gasteiger partial charge in [0.25, 0.3) is 5.91 Å². The lowest BCUT2D eigenvalue weighted by atomic mass is 10.1. The van der Waals surface area contributed by atoms with Gasteiger partial charge in [-0.15, -0.1) is 11.3 Å². The fourth-order valence-electron chi connectivity index (χ4n) is 3.79. The Balaban J connectivity index is 1.52. The van der Waals surface area contributed by atoms with Gasteiger partial charge < -0.3 is 5.32 Å². The lowest BCUT2D eigenvalue weighted by Gasteiger charge is -2.14. The second kappa shape index (κ2) is 8.54. The van der Waals surface area contributed by atoms with Gasteiger partial charge in [-0.25, -0.2) is 9.36 Å². The van der Waals surface area contributed by atoms with Crippen molar-refractivity contribution in [2.24, 2.45) is 0 Å². The zero-order valence-electron chi connectivity index (χ0n) is 18.4. The third kappa shape index (κ3) is 4.19. The number of para-hydroxylation sites is 2. The van der Waals surface area contributed by atoms with Crippen molar-refractivity contribution in [1.82, 2.24) is 19.6 Å². The number of aryl methyl sites for hydroxylation is 2. The molecule has 0 aliphatic heterocycles. The quantitative estimate of drug-likeness (QED) is 0.286. The van der Waals surface area contributed by atoms with Gasteiger partial charge in [-0.05, 0) is 44.2 Å². The molecule has 0 atom stereocenters. The zero-order valence-corrected chi connectivity index (χ0v) is 20.0. The summed E-state index contributed by atoms with van der Waals surface area (Å²) >= 11 is 7.55. The molecule has 0 aliphatic rings. The normalized spacial score (nSPS) is 11.8. The van der Waals surface area contributed by atoms with Gasteiger partial charge >= 0.3 is 6.18 Å². The van der Waals surface area contributed by atoms with Gasteiger partial charge in [0.15, 0.2) is 0 Å². The summed E-state index contributed by atoms with van der Waals surface area (Å²) in [5, 5.41) is 12.7. The van der Waals surface area contributed by atoms with Crippen molar-refractivity contribution in [2.75, 3.05) is 5.32 Å². The molecule has 0 unspecified atom stereocenters. The number of nitrogens with zero attached hydrogens (tertiary/aromatic N) is 4. The minimum Gasteiger partial charge on any atom is -0.306 e. The van der Waals surface area contributed by atoms with Gasteiger partial charge in [0, 0.05) is 11.5 Å². The highest BCUT2D eigenvalue weighted by atomic mass is 35.5. The zero-order chi connectivity index (χ0) is 24.9. The van der Waals surface area contributed by atoms with Gasteiger partial charge in [-0.1, -0.05) is 35.9 Å². The molecule has 0 saturated carbocycles. The van der Waals surface area contributed by atoms with E-state index in [1.54, 1.807) is 23.7 Å². The molecular formula is C24H17ClF3N5OS. The number of anilines is 1. The average molecular weight is 516 g/mol. The molecular weight excluding hydrogens is 499 g/mol. The number of thiophene rings is 1. The minimum atomic E-state index is -4.58. The van der Waals surface area contributed by atoms with Gasteiger partial charge in [0.05, 0.1) is 38.2 Å². The molecule has 0 bridgehead atoms. The number of amides is 1. The molecule has 6 nitrogen and oxygen atoms in total. The third-order valence-corrected chi connectivity index (χ3v) is 6.79. The fourth-order valence-corrected chi connectivity index (χ4v) is 5.08. The molecule has 0 fully saturated rings. The topological polar surface area (TPSA) is 64.7 Å². The number of benzene rings is 2. The Labute approximate surface area is 206 Å². The Kier molecular flexibility index (Phi) is 5.65. The lowest BCUT2D eigenvalue weighted by molar-refractivity contribution is -0.137. The SMILES string of the molecule is Cc1cc(NC(=O)c2cc3c(C)nn(-c4ccccc4Cl)c3s2)n(-c2ccccc2C(F)(F)F)n1. The monoisotopic (exact) mass is 515 g/mol. The minimum absolute atomic E-state index is 0.131. The van der Waals surface area contributed by atoms with E-state index in [2.05, 4.69) is 15.5 Å². The van der Waals surface area contributed by atoms with Crippen LogP contribution in [0.25, 0.3) is 21.6 Å². The van der Waals surface area contributed by atoms with Crippen LogP contribution in [0.2, 0.25) is 5.02 Å². The molecule has 0 radical (unpaired) electrons. The third-order valence-electron chi connectivity index (χ3n) is 5.36. The summed E-state index contributed by atoms with van der Waals surface area (Å²) in [5.74, 6) is -0.340. The average Bonchev–Trinajstić information content (AvgIpc) is 3.48. The number of rotatable bonds is 4. The van der Waals surface area contributed by atoms with Crippen LogP contribution in [0.15, 0.2) is 60.7 Å². The fraction of sp³-hybridized carbons (Fsp3) is 0.125. The van der Waals surface area contributed by atoms with Crippen LogP contribution in [0.1, 0.15) is 26.6 Å². The number of hydrogen-bond acceptors (Lipinski definition) is 4. The number of fused-ring (bicyclic) bond motifs is 1. The first kappa shape index (κ1) is 23.1. The van der Waals surface area contributed by atoms with E-state index in [0.717, 1.165) is 26.7 Å². The van der Waals surface area contributed by atoms with E-state index in [0.29, 0.717) is 21.3 Å². The number of halogens is 4. The number of carbonyl (C=O) groups excluding carboxylic acids is 1. The van der Waals surface area contributed by atoms with Gasteiger partial charge in [0.1, 0.15) is 10.6 Å². The Morgan fingerprint density at radius 3 is 2.37 bits per heavy atom. The predicted octanol–water partition coefficient (Wildman–Crippen LogP) is 6.81. The molecule has 0 aliphatic carbocycles. The Morgan fingerprint density at radius 1 is 0.971 bits per heavy atom. The van der Waals surface area contributed by atoms with Crippen molar-refractivity contribution in [3.05, 3.63) is 87.5 Å². The smallest absolute Gasteiger partial charge is 0.306 e. The summed E-state index contributed by atoms with van der Waals surface area (Å²) in [4.78, 5) is 14.3. The standard InChI is InChI=1S/C24H17ClF3N5OS/c1-13-11-21(32(30-13)18-9-5-3-7-16(18)24(26,27)28)29-22(34)20-12-15-14(2)31-33(23(15)35-20)19-10-6-4-8-17(19)25/h3-12H,1-2H3,(H,29,34). The molecule has 5 aromatic rings. The summed E-state index contributed by atoms with van der Waals surface area (Å²) in [5.41, 5.74) is 0.827.